The molecule has 7 nitrogen and oxygen atoms in total. The van der Waals surface area contributed by atoms with E-state index in [1.807, 2.05) is 0 Å². The minimum atomic E-state index is -3.13. The zero-order valence-electron chi connectivity index (χ0n) is 8.66. The zero-order valence-corrected chi connectivity index (χ0v) is 9.48. The smallest absolute Gasteiger partial charge is 0.208 e. The summed E-state index contributed by atoms with van der Waals surface area (Å²) in [6.07, 6.45) is 1.11. The topological polar surface area (TPSA) is 113 Å². The fraction of sp³-hybridized carbons (Fsp3) is 0.571. The van der Waals surface area contributed by atoms with Crippen LogP contribution in [0.5, 0.6) is 0 Å². The zero-order chi connectivity index (χ0) is 11.5. The van der Waals surface area contributed by atoms with E-state index >= 15 is 0 Å². The van der Waals surface area contributed by atoms with E-state index in [1.165, 1.54) is 0 Å². The number of nitrogens with one attached hydrogen (secondary N) is 3. The van der Waals surface area contributed by atoms with Gasteiger partial charge in [0.15, 0.2) is 5.82 Å². The molecule has 1 rings (SSSR count). The molecule has 0 unspecified atom stereocenters. The van der Waals surface area contributed by atoms with Crippen LogP contribution in [0.4, 0.5) is 11.6 Å². The minimum Gasteiger partial charge on any atom is -0.382 e. The highest BCUT2D eigenvalue weighted by molar-refractivity contribution is 7.88. The third-order valence-electron chi connectivity index (χ3n) is 1.63. The summed E-state index contributed by atoms with van der Waals surface area (Å²) in [5, 5.41) is 2.91. The largest absolute Gasteiger partial charge is 0.382 e. The molecular formula is C7H15N5O2S. The molecule has 0 amide bonds. The predicted molar refractivity (Wildman–Crippen MR) is 59.1 cm³/mol. The van der Waals surface area contributed by atoms with Crippen molar-refractivity contribution >= 4 is 21.7 Å². The lowest BCUT2D eigenvalue weighted by atomic mass is 10.6. The van der Waals surface area contributed by atoms with E-state index in [9.17, 15) is 8.42 Å². The number of H-pyrrole nitrogens is 1. The second kappa shape index (κ2) is 4.49. The number of imidazole rings is 1. The monoisotopic (exact) mass is 233 g/mol. The number of rotatable bonds is 5. The molecule has 0 radical (unpaired) electrons. The van der Waals surface area contributed by atoms with Gasteiger partial charge in [0.05, 0.1) is 6.26 Å². The maximum Gasteiger partial charge on any atom is 0.208 e. The van der Waals surface area contributed by atoms with Crippen molar-refractivity contribution in [1.29, 1.82) is 0 Å². The maximum atomic E-state index is 10.7. The first-order valence-corrected chi connectivity index (χ1v) is 6.28. The summed E-state index contributed by atoms with van der Waals surface area (Å²) in [4.78, 5) is 6.91. The number of nitrogens with zero attached hydrogens (tertiary/aromatic N) is 1. The van der Waals surface area contributed by atoms with Gasteiger partial charge in [-0.25, -0.2) is 18.1 Å². The Bertz CT molecular complexity index is 425. The van der Waals surface area contributed by atoms with Crippen LogP contribution < -0.4 is 15.8 Å². The number of hydrogen-bond donors (Lipinski definition) is 4. The van der Waals surface area contributed by atoms with Crippen molar-refractivity contribution in [2.24, 2.45) is 0 Å². The molecular weight excluding hydrogens is 218 g/mol. The molecule has 0 aliphatic heterocycles. The average molecular weight is 233 g/mol. The van der Waals surface area contributed by atoms with Gasteiger partial charge in [-0.05, 0) is 6.92 Å². The minimum absolute atomic E-state index is 0.296. The van der Waals surface area contributed by atoms with Crippen molar-refractivity contribution in [1.82, 2.24) is 14.7 Å². The van der Waals surface area contributed by atoms with E-state index in [-0.39, 0.29) is 0 Å². The molecule has 1 aromatic rings. The molecule has 86 valence electrons. The summed E-state index contributed by atoms with van der Waals surface area (Å²) in [5.41, 5.74) is 5.59. The average Bonchev–Trinajstić information content (AvgIpc) is 2.37. The van der Waals surface area contributed by atoms with Gasteiger partial charge in [0.25, 0.3) is 0 Å². The molecule has 0 saturated carbocycles. The van der Waals surface area contributed by atoms with Crippen LogP contribution in [0.1, 0.15) is 5.82 Å². The van der Waals surface area contributed by atoms with Crippen LogP contribution >= 0.6 is 0 Å². The summed E-state index contributed by atoms with van der Waals surface area (Å²) in [6.45, 7) is 2.52. The van der Waals surface area contributed by atoms with E-state index in [0.717, 1.165) is 6.26 Å². The van der Waals surface area contributed by atoms with Gasteiger partial charge in [0, 0.05) is 13.1 Å². The highest BCUT2D eigenvalue weighted by atomic mass is 32.2. The standard InChI is InChI=1S/C7H15N5O2S/c1-5-11-6(8)7(12-5)9-3-4-10-15(2,13)14/h9-10H,3-4,8H2,1-2H3,(H,11,12). The predicted octanol–water partition coefficient (Wildman–Crippen LogP) is -0.739. The Labute approximate surface area is 88.5 Å². The van der Waals surface area contributed by atoms with Crippen molar-refractivity contribution in [2.45, 2.75) is 6.92 Å². The van der Waals surface area contributed by atoms with Gasteiger partial charge in [-0.15, -0.1) is 0 Å². The molecule has 1 heterocycles. The van der Waals surface area contributed by atoms with Crippen molar-refractivity contribution < 1.29 is 8.42 Å². The van der Waals surface area contributed by atoms with Gasteiger partial charge in [-0.1, -0.05) is 0 Å². The van der Waals surface area contributed by atoms with Gasteiger partial charge >= 0.3 is 0 Å². The molecule has 0 aromatic carbocycles. The molecule has 0 aliphatic rings. The summed E-state index contributed by atoms with van der Waals surface area (Å²) < 4.78 is 23.8. The Kier molecular flexibility index (Phi) is 3.53. The molecule has 15 heavy (non-hydrogen) atoms. The first-order chi connectivity index (χ1) is 6.88. The van der Waals surface area contributed by atoms with Crippen molar-refractivity contribution in [3.05, 3.63) is 5.82 Å². The Balaban J connectivity index is 2.35. The van der Waals surface area contributed by atoms with Gasteiger partial charge in [0.2, 0.25) is 10.0 Å². The first-order valence-electron chi connectivity index (χ1n) is 4.39. The molecule has 0 fully saturated rings. The second-order valence-corrected chi connectivity index (χ2v) is 5.01. The fourth-order valence-electron chi connectivity index (χ4n) is 1.06. The highest BCUT2D eigenvalue weighted by Crippen LogP contribution is 2.12. The number of sulfonamides is 1. The maximum absolute atomic E-state index is 10.7. The number of anilines is 2. The van der Waals surface area contributed by atoms with E-state index in [4.69, 9.17) is 5.73 Å². The number of hydrogen-bond acceptors (Lipinski definition) is 5. The van der Waals surface area contributed by atoms with Crippen LogP contribution in [0.3, 0.4) is 0 Å². The molecule has 0 bridgehead atoms. The number of aromatic amines is 1. The number of nitrogens with two attached hydrogens (primary N) is 1. The summed E-state index contributed by atoms with van der Waals surface area (Å²) in [7, 11) is -3.13. The SMILES string of the molecule is Cc1nc(NCCNS(C)(=O)=O)c(N)[nH]1. The van der Waals surface area contributed by atoms with Crippen molar-refractivity contribution in [2.75, 3.05) is 30.4 Å². The number of aryl methyl sites for hydroxylation is 1. The summed E-state index contributed by atoms with van der Waals surface area (Å²) in [5.74, 6) is 1.71. The van der Waals surface area contributed by atoms with E-state index in [1.54, 1.807) is 6.92 Å². The molecule has 0 atom stereocenters. The van der Waals surface area contributed by atoms with Gasteiger partial charge in [0.1, 0.15) is 11.6 Å². The lowest BCUT2D eigenvalue weighted by Crippen LogP contribution is -2.27. The van der Waals surface area contributed by atoms with Crippen LogP contribution in [0.15, 0.2) is 0 Å². The van der Waals surface area contributed by atoms with Gasteiger partial charge < -0.3 is 16.0 Å². The van der Waals surface area contributed by atoms with Crippen LogP contribution in [0, 0.1) is 6.92 Å². The molecule has 0 aliphatic carbocycles. The van der Waals surface area contributed by atoms with E-state index < -0.39 is 10.0 Å². The van der Waals surface area contributed by atoms with Gasteiger partial charge in [-0.3, -0.25) is 0 Å². The lowest BCUT2D eigenvalue weighted by molar-refractivity contribution is 0.589. The Hall–Kier alpha value is -1.28. The first kappa shape index (κ1) is 11.8. The normalized spacial score (nSPS) is 11.6. The summed E-state index contributed by atoms with van der Waals surface area (Å²) >= 11 is 0. The van der Waals surface area contributed by atoms with Gasteiger partial charge in [-0.2, -0.15) is 0 Å². The highest BCUT2D eigenvalue weighted by Gasteiger charge is 2.04. The van der Waals surface area contributed by atoms with Crippen LogP contribution in [-0.4, -0.2) is 37.7 Å². The molecule has 1 aromatic heterocycles. The number of aromatic nitrogens is 2. The Morgan fingerprint density at radius 3 is 2.60 bits per heavy atom. The number of nitrogen functional groups attached to an aromatic ring is 1. The Morgan fingerprint density at radius 1 is 1.47 bits per heavy atom. The quantitative estimate of drug-likeness (QED) is 0.500. The van der Waals surface area contributed by atoms with E-state index in [2.05, 4.69) is 20.0 Å². The molecule has 8 heteroatoms. The van der Waals surface area contributed by atoms with Crippen molar-refractivity contribution in [3.8, 4) is 0 Å². The lowest BCUT2D eigenvalue weighted by Gasteiger charge is -2.04. The third kappa shape index (κ3) is 4.17. The fourth-order valence-corrected chi connectivity index (χ4v) is 1.53. The Morgan fingerprint density at radius 2 is 2.13 bits per heavy atom. The summed E-state index contributed by atoms with van der Waals surface area (Å²) in [6, 6.07) is 0. The second-order valence-electron chi connectivity index (χ2n) is 3.18. The van der Waals surface area contributed by atoms with E-state index in [0.29, 0.717) is 30.5 Å². The molecule has 0 saturated heterocycles. The van der Waals surface area contributed by atoms with Crippen LogP contribution in [0.2, 0.25) is 0 Å². The van der Waals surface area contributed by atoms with Crippen LogP contribution in [-0.2, 0) is 10.0 Å². The van der Waals surface area contributed by atoms with Crippen LogP contribution in [0.25, 0.3) is 0 Å². The third-order valence-corrected chi connectivity index (χ3v) is 2.36. The molecule has 5 N–H and O–H groups in total. The molecule has 0 spiro atoms. The van der Waals surface area contributed by atoms with Crippen molar-refractivity contribution in [3.63, 3.8) is 0 Å².